The molecule has 2 rings (SSSR count). The summed E-state index contributed by atoms with van der Waals surface area (Å²) >= 11 is 1.35. The van der Waals surface area contributed by atoms with E-state index in [0.29, 0.717) is 11.4 Å². The van der Waals surface area contributed by atoms with Crippen LogP contribution in [0.3, 0.4) is 0 Å². The van der Waals surface area contributed by atoms with Crippen molar-refractivity contribution in [1.82, 2.24) is 10.3 Å². The van der Waals surface area contributed by atoms with E-state index in [2.05, 4.69) is 10.3 Å². The van der Waals surface area contributed by atoms with Gasteiger partial charge in [0.2, 0.25) is 0 Å². The van der Waals surface area contributed by atoms with Gasteiger partial charge < -0.3 is 5.32 Å². The van der Waals surface area contributed by atoms with Crippen LogP contribution in [0.1, 0.15) is 5.01 Å². The Labute approximate surface area is 96.0 Å². The molecular formula is C11H10F2N2S. The van der Waals surface area contributed by atoms with Crippen LogP contribution < -0.4 is 5.32 Å². The summed E-state index contributed by atoms with van der Waals surface area (Å²) in [6.07, 6.45) is 1.56. The van der Waals surface area contributed by atoms with Crippen LogP contribution in [-0.4, -0.2) is 12.0 Å². The Kier molecular flexibility index (Phi) is 3.26. The number of halogens is 2. The van der Waals surface area contributed by atoms with Crippen LogP contribution in [0.2, 0.25) is 0 Å². The van der Waals surface area contributed by atoms with Gasteiger partial charge in [0.15, 0.2) is 0 Å². The standard InChI is InChI=1S/C11H10F2N2S/c1-14-6-11-15-5-10(16-11)8-4-7(12)2-3-9(8)13/h2-5,14H,6H2,1H3. The minimum Gasteiger partial charge on any atom is -0.314 e. The third-order valence-electron chi connectivity index (χ3n) is 2.08. The Bertz CT molecular complexity index is 496. The lowest BCUT2D eigenvalue weighted by Crippen LogP contribution is -2.03. The summed E-state index contributed by atoms with van der Waals surface area (Å²) in [5, 5.41) is 3.80. The summed E-state index contributed by atoms with van der Waals surface area (Å²) in [5.41, 5.74) is 0.264. The number of nitrogens with one attached hydrogen (secondary N) is 1. The van der Waals surface area contributed by atoms with E-state index >= 15 is 0 Å². The van der Waals surface area contributed by atoms with Crippen molar-refractivity contribution in [2.45, 2.75) is 6.54 Å². The van der Waals surface area contributed by atoms with Gasteiger partial charge in [-0.2, -0.15) is 0 Å². The van der Waals surface area contributed by atoms with Crippen LogP contribution in [0.25, 0.3) is 10.4 Å². The molecule has 0 spiro atoms. The smallest absolute Gasteiger partial charge is 0.132 e. The molecule has 1 aromatic heterocycles. The second-order valence-corrected chi connectivity index (χ2v) is 4.39. The number of aromatic nitrogens is 1. The monoisotopic (exact) mass is 240 g/mol. The molecule has 0 bridgehead atoms. The van der Waals surface area contributed by atoms with Gasteiger partial charge in [0.25, 0.3) is 0 Å². The second kappa shape index (κ2) is 4.67. The SMILES string of the molecule is CNCc1ncc(-c2cc(F)ccc2F)s1. The molecule has 0 saturated carbocycles. The summed E-state index contributed by atoms with van der Waals surface area (Å²) < 4.78 is 26.4. The summed E-state index contributed by atoms with van der Waals surface area (Å²) in [4.78, 5) is 4.76. The molecule has 1 aromatic carbocycles. The quantitative estimate of drug-likeness (QED) is 0.892. The van der Waals surface area contributed by atoms with Crippen LogP contribution in [0.4, 0.5) is 8.78 Å². The molecule has 0 amide bonds. The van der Waals surface area contributed by atoms with Gasteiger partial charge in [0, 0.05) is 18.3 Å². The first-order valence-corrected chi connectivity index (χ1v) is 5.57. The average Bonchev–Trinajstić information content (AvgIpc) is 2.71. The maximum Gasteiger partial charge on any atom is 0.132 e. The van der Waals surface area contributed by atoms with E-state index in [1.807, 2.05) is 7.05 Å². The molecular weight excluding hydrogens is 230 g/mol. The largest absolute Gasteiger partial charge is 0.314 e. The number of rotatable bonds is 3. The third-order valence-corrected chi connectivity index (χ3v) is 3.11. The zero-order chi connectivity index (χ0) is 11.5. The van der Waals surface area contributed by atoms with Gasteiger partial charge in [-0.25, -0.2) is 13.8 Å². The lowest BCUT2D eigenvalue weighted by Gasteiger charge is -1.98. The van der Waals surface area contributed by atoms with Gasteiger partial charge >= 0.3 is 0 Å². The Morgan fingerprint density at radius 3 is 2.94 bits per heavy atom. The lowest BCUT2D eigenvalue weighted by atomic mass is 10.2. The Hall–Kier alpha value is -1.33. The fraction of sp³-hybridized carbons (Fsp3) is 0.182. The number of hydrogen-bond acceptors (Lipinski definition) is 3. The van der Waals surface area contributed by atoms with Gasteiger partial charge in [0.1, 0.15) is 16.6 Å². The molecule has 0 fully saturated rings. The molecule has 0 radical (unpaired) electrons. The Morgan fingerprint density at radius 1 is 1.38 bits per heavy atom. The van der Waals surface area contributed by atoms with E-state index in [1.165, 1.54) is 17.4 Å². The highest BCUT2D eigenvalue weighted by molar-refractivity contribution is 7.15. The van der Waals surface area contributed by atoms with Crippen LogP contribution in [0, 0.1) is 11.6 Å². The number of benzene rings is 1. The molecule has 5 heteroatoms. The first kappa shape index (κ1) is 11.2. The normalized spacial score (nSPS) is 10.7. The molecule has 1 N–H and O–H groups in total. The van der Waals surface area contributed by atoms with E-state index in [4.69, 9.17) is 0 Å². The van der Waals surface area contributed by atoms with Crippen LogP contribution in [0.5, 0.6) is 0 Å². The number of hydrogen-bond donors (Lipinski definition) is 1. The van der Waals surface area contributed by atoms with Crippen molar-refractivity contribution in [2.75, 3.05) is 7.05 Å². The molecule has 0 saturated heterocycles. The van der Waals surface area contributed by atoms with E-state index in [9.17, 15) is 8.78 Å². The van der Waals surface area contributed by atoms with Gasteiger partial charge in [-0.05, 0) is 25.2 Å². The third kappa shape index (κ3) is 2.25. The van der Waals surface area contributed by atoms with Gasteiger partial charge in [-0.1, -0.05) is 0 Å². The summed E-state index contributed by atoms with van der Waals surface area (Å²) in [5.74, 6) is -0.874. The van der Waals surface area contributed by atoms with E-state index in [1.54, 1.807) is 6.20 Å². The first-order valence-electron chi connectivity index (χ1n) is 4.75. The molecule has 2 nitrogen and oxygen atoms in total. The second-order valence-electron chi connectivity index (χ2n) is 3.27. The predicted molar refractivity (Wildman–Crippen MR) is 60.2 cm³/mol. The molecule has 0 aliphatic rings. The zero-order valence-electron chi connectivity index (χ0n) is 8.63. The van der Waals surface area contributed by atoms with Crippen molar-refractivity contribution in [2.24, 2.45) is 0 Å². The lowest BCUT2D eigenvalue weighted by molar-refractivity contribution is 0.603. The summed E-state index contributed by atoms with van der Waals surface area (Å²) in [6.45, 7) is 0.627. The van der Waals surface area contributed by atoms with E-state index in [0.717, 1.165) is 17.1 Å². The van der Waals surface area contributed by atoms with Gasteiger partial charge in [-0.3, -0.25) is 0 Å². The minimum absolute atomic E-state index is 0.264. The van der Waals surface area contributed by atoms with Crippen molar-refractivity contribution < 1.29 is 8.78 Å². The maximum atomic E-state index is 13.4. The van der Waals surface area contributed by atoms with E-state index < -0.39 is 11.6 Å². The summed E-state index contributed by atoms with van der Waals surface area (Å²) in [6, 6.07) is 3.42. The number of nitrogens with zero attached hydrogens (tertiary/aromatic N) is 1. The number of thiazole rings is 1. The van der Waals surface area contributed by atoms with Crippen LogP contribution in [0.15, 0.2) is 24.4 Å². The minimum atomic E-state index is -0.444. The van der Waals surface area contributed by atoms with Gasteiger partial charge in [0.05, 0.1) is 4.88 Å². The van der Waals surface area contributed by atoms with Crippen molar-refractivity contribution in [3.8, 4) is 10.4 Å². The molecule has 1 heterocycles. The molecule has 84 valence electrons. The van der Waals surface area contributed by atoms with Crippen LogP contribution >= 0.6 is 11.3 Å². The van der Waals surface area contributed by atoms with Crippen molar-refractivity contribution in [3.05, 3.63) is 41.0 Å². The molecule has 16 heavy (non-hydrogen) atoms. The Morgan fingerprint density at radius 2 is 2.19 bits per heavy atom. The molecule has 0 atom stereocenters. The van der Waals surface area contributed by atoms with Gasteiger partial charge in [-0.15, -0.1) is 11.3 Å². The topological polar surface area (TPSA) is 24.9 Å². The van der Waals surface area contributed by atoms with Crippen molar-refractivity contribution in [1.29, 1.82) is 0 Å². The Balaban J connectivity index is 2.38. The fourth-order valence-electron chi connectivity index (χ4n) is 1.35. The molecule has 0 aliphatic heterocycles. The fourth-order valence-corrected chi connectivity index (χ4v) is 2.30. The highest BCUT2D eigenvalue weighted by atomic mass is 32.1. The van der Waals surface area contributed by atoms with Crippen molar-refractivity contribution >= 4 is 11.3 Å². The average molecular weight is 240 g/mol. The molecule has 2 aromatic rings. The zero-order valence-corrected chi connectivity index (χ0v) is 9.44. The summed E-state index contributed by atoms with van der Waals surface area (Å²) in [7, 11) is 1.81. The molecule has 0 aliphatic carbocycles. The maximum absolute atomic E-state index is 13.4. The highest BCUT2D eigenvalue weighted by Gasteiger charge is 2.09. The van der Waals surface area contributed by atoms with E-state index in [-0.39, 0.29) is 5.56 Å². The predicted octanol–water partition coefficient (Wildman–Crippen LogP) is 2.81. The molecule has 0 unspecified atom stereocenters. The highest BCUT2D eigenvalue weighted by Crippen LogP contribution is 2.28. The van der Waals surface area contributed by atoms with Crippen LogP contribution in [-0.2, 0) is 6.54 Å². The first-order chi connectivity index (χ1) is 7.70. The van der Waals surface area contributed by atoms with Crippen molar-refractivity contribution in [3.63, 3.8) is 0 Å².